The molecule has 19 heavy (non-hydrogen) atoms. The van der Waals surface area contributed by atoms with Crippen LogP contribution in [0, 0.1) is 5.92 Å². The summed E-state index contributed by atoms with van der Waals surface area (Å²) in [5.74, 6) is 0.803. The van der Waals surface area contributed by atoms with Gasteiger partial charge in [0.1, 0.15) is 6.29 Å². The Balaban J connectivity index is 1.46. The van der Waals surface area contributed by atoms with E-state index in [2.05, 4.69) is 22.3 Å². The summed E-state index contributed by atoms with van der Waals surface area (Å²) in [6.07, 6.45) is 4.67. The number of benzene rings is 1. The van der Waals surface area contributed by atoms with Crippen LogP contribution in [0.4, 0.5) is 0 Å². The van der Waals surface area contributed by atoms with Crippen molar-refractivity contribution in [1.29, 1.82) is 0 Å². The van der Waals surface area contributed by atoms with Gasteiger partial charge in [-0.05, 0) is 43.8 Å². The van der Waals surface area contributed by atoms with Crippen LogP contribution in [0.2, 0.25) is 0 Å². The normalized spacial score (nSPS) is 22.1. The molecule has 2 heterocycles. The third-order valence-corrected chi connectivity index (χ3v) is 4.45. The van der Waals surface area contributed by atoms with Crippen molar-refractivity contribution in [3.63, 3.8) is 0 Å². The first kappa shape index (κ1) is 12.8. The highest BCUT2D eigenvalue weighted by Gasteiger charge is 2.32. The maximum atomic E-state index is 10.6. The monoisotopic (exact) mass is 258 g/mol. The molecule has 0 amide bonds. The van der Waals surface area contributed by atoms with Crippen LogP contribution in [0.5, 0.6) is 0 Å². The molecule has 0 spiro atoms. The van der Waals surface area contributed by atoms with Gasteiger partial charge in [-0.15, -0.1) is 0 Å². The maximum Gasteiger partial charge on any atom is 0.150 e. The van der Waals surface area contributed by atoms with Gasteiger partial charge in [0.15, 0.2) is 0 Å². The quantitative estimate of drug-likeness (QED) is 0.835. The van der Waals surface area contributed by atoms with Crippen LogP contribution in [-0.2, 0) is 6.42 Å². The van der Waals surface area contributed by atoms with E-state index < -0.39 is 0 Å². The summed E-state index contributed by atoms with van der Waals surface area (Å²) in [7, 11) is 0. The SMILES string of the molecule is O=Cc1ccc(CC2CN(C3CCNCC3)C2)cc1. The average Bonchev–Trinajstić information content (AvgIpc) is 2.44. The van der Waals surface area contributed by atoms with Gasteiger partial charge in [0.05, 0.1) is 0 Å². The van der Waals surface area contributed by atoms with Crippen molar-refractivity contribution in [2.45, 2.75) is 25.3 Å². The molecule has 2 aliphatic rings. The maximum absolute atomic E-state index is 10.6. The van der Waals surface area contributed by atoms with Gasteiger partial charge in [-0.1, -0.05) is 24.3 Å². The van der Waals surface area contributed by atoms with Gasteiger partial charge in [0.2, 0.25) is 0 Å². The minimum absolute atomic E-state index is 0.772. The second kappa shape index (κ2) is 5.85. The number of carbonyl (C=O) groups excluding carboxylic acids is 1. The lowest BCUT2D eigenvalue weighted by Crippen LogP contribution is -2.55. The molecular weight excluding hydrogens is 236 g/mol. The molecule has 2 aliphatic heterocycles. The summed E-state index contributed by atoms with van der Waals surface area (Å²) in [6.45, 7) is 4.86. The smallest absolute Gasteiger partial charge is 0.150 e. The van der Waals surface area contributed by atoms with E-state index in [1.807, 2.05) is 12.1 Å². The van der Waals surface area contributed by atoms with E-state index in [0.717, 1.165) is 30.2 Å². The van der Waals surface area contributed by atoms with Gasteiger partial charge >= 0.3 is 0 Å². The van der Waals surface area contributed by atoms with E-state index in [0.29, 0.717) is 0 Å². The molecule has 0 aliphatic carbocycles. The van der Waals surface area contributed by atoms with Crippen molar-refractivity contribution in [2.24, 2.45) is 5.92 Å². The van der Waals surface area contributed by atoms with Gasteiger partial charge in [0.25, 0.3) is 0 Å². The predicted octanol–water partition coefficient (Wildman–Crippen LogP) is 1.73. The zero-order valence-electron chi connectivity index (χ0n) is 11.3. The van der Waals surface area contributed by atoms with Crippen LogP contribution in [0.25, 0.3) is 0 Å². The molecule has 2 fully saturated rings. The Morgan fingerprint density at radius 2 is 1.84 bits per heavy atom. The van der Waals surface area contributed by atoms with Crippen LogP contribution in [0.15, 0.2) is 24.3 Å². The molecule has 0 unspecified atom stereocenters. The molecule has 0 atom stereocenters. The van der Waals surface area contributed by atoms with Crippen molar-refractivity contribution in [3.8, 4) is 0 Å². The van der Waals surface area contributed by atoms with Crippen LogP contribution in [0.3, 0.4) is 0 Å². The van der Waals surface area contributed by atoms with Gasteiger partial charge < -0.3 is 5.32 Å². The number of hydrogen-bond acceptors (Lipinski definition) is 3. The molecule has 1 aromatic rings. The van der Waals surface area contributed by atoms with Crippen LogP contribution < -0.4 is 5.32 Å². The second-order valence-corrected chi connectivity index (χ2v) is 5.86. The standard InChI is InChI=1S/C16H22N2O/c19-12-14-3-1-13(2-4-14)9-15-10-18(11-15)16-5-7-17-8-6-16/h1-4,12,15-17H,5-11H2. The van der Waals surface area contributed by atoms with Gasteiger partial charge in [-0.25, -0.2) is 0 Å². The molecule has 3 rings (SSSR count). The number of nitrogens with one attached hydrogen (secondary N) is 1. The number of carbonyl (C=O) groups is 1. The number of likely N-dealkylation sites (tertiary alicyclic amines) is 1. The van der Waals surface area contributed by atoms with Crippen LogP contribution >= 0.6 is 0 Å². The molecule has 0 radical (unpaired) electrons. The minimum Gasteiger partial charge on any atom is -0.317 e. The van der Waals surface area contributed by atoms with E-state index in [9.17, 15) is 4.79 Å². The first-order valence-electron chi connectivity index (χ1n) is 7.34. The first-order valence-corrected chi connectivity index (χ1v) is 7.34. The summed E-state index contributed by atoms with van der Waals surface area (Å²) >= 11 is 0. The lowest BCUT2D eigenvalue weighted by atomic mass is 9.88. The summed E-state index contributed by atoms with van der Waals surface area (Å²) in [5, 5.41) is 3.42. The van der Waals surface area contributed by atoms with Gasteiger partial charge in [-0.3, -0.25) is 9.69 Å². The third-order valence-electron chi connectivity index (χ3n) is 4.45. The number of aldehydes is 1. The molecule has 0 saturated carbocycles. The zero-order valence-corrected chi connectivity index (χ0v) is 11.3. The van der Waals surface area contributed by atoms with E-state index in [1.165, 1.54) is 44.6 Å². The fourth-order valence-electron chi connectivity index (χ4n) is 3.27. The Morgan fingerprint density at radius 3 is 2.47 bits per heavy atom. The lowest BCUT2D eigenvalue weighted by molar-refractivity contribution is 0.0386. The van der Waals surface area contributed by atoms with Crippen molar-refractivity contribution in [2.75, 3.05) is 26.2 Å². The van der Waals surface area contributed by atoms with Crippen molar-refractivity contribution >= 4 is 6.29 Å². The molecule has 0 aromatic heterocycles. The first-order chi connectivity index (χ1) is 9.35. The molecule has 1 aromatic carbocycles. The third kappa shape index (κ3) is 3.04. The van der Waals surface area contributed by atoms with Crippen LogP contribution in [-0.4, -0.2) is 43.4 Å². The molecule has 3 heteroatoms. The van der Waals surface area contributed by atoms with Crippen molar-refractivity contribution in [1.82, 2.24) is 10.2 Å². The van der Waals surface area contributed by atoms with E-state index in [1.54, 1.807) is 0 Å². The Morgan fingerprint density at radius 1 is 1.16 bits per heavy atom. The number of rotatable bonds is 4. The van der Waals surface area contributed by atoms with E-state index >= 15 is 0 Å². The largest absolute Gasteiger partial charge is 0.317 e. The fraction of sp³-hybridized carbons (Fsp3) is 0.562. The average molecular weight is 258 g/mol. The van der Waals surface area contributed by atoms with E-state index in [4.69, 9.17) is 0 Å². The highest BCUT2D eigenvalue weighted by atomic mass is 16.1. The molecule has 1 N–H and O–H groups in total. The molecule has 2 saturated heterocycles. The summed E-state index contributed by atoms with van der Waals surface area (Å²) in [6, 6.07) is 8.85. The lowest BCUT2D eigenvalue weighted by Gasteiger charge is -2.46. The number of nitrogens with zero attached hydrogens (tertiary/aromatic N) is 1. The molecular formula is C16H22N2O. The minimum atomic E-state index is 0.772. The van der Waals surface area contributed by atoms with Crippen LogP contribution in [0.1, 0.15) is 28.8 Å². The van der Waals surface area contributed by atoms with Gasteiger partial charge in [0, 0.05) is 24.7 Å². The highest BCUT2D eigenvalue weighted by molar-refractivity contribution is 5.74. The summed E-state index contributed by atoms with van der Waals surface area (Å²) < 4.78 is 0. The Bertz CT molecular complexity index is 417. The van der Waals surface area contributed by atoms with Crippen molar-refractivity contribution in [3.05, 3.63) is 35.4 Å². The fourth-order valence-corrected chi connectivity index (χ4v) is 3.27. The Kier molecular flexibility index (Phi) is 3.95. The zero-order chi connectivity index (χ0) is 13.1. The topological polar surface area (TPSA) is 32.3 Å². The predicted molar refractivity (Wildman–Crippen MR) is 76.5 cm³/mol. The summed E-state index contributed by atoms with van der Waals surface area (Å²) in [5.41, 5.74) is 2.13. The number of piperidine rings is 1. The number of hydrogen-bond donors (Lipinski definition) is 1. The Labute approximate surface area is 115 Å². The van der Waals surface area contributed by atoms with Crippen molar-refractivity contribution < 1.29 is 4.79 Å². The highest BCUT2D eigenvalue weighted by Crippen LogP contribution is 2.25. The Hall–Kier alpha value is -1.19. The van der Waals surface area contributed by atoms with E-state index in [-0.39, 0.29) is 0 Å². The molecule has 102 valence electrons. The van der Waals surface area contributed by atoms with Gasteiger partial charge in [-0.2, -0.15) is 0 Å². The molecule has 0 bridgehead atoms. The summed E-state index contributed by atoms with van der Waals surface area (Å²) in [4.78, 5) is 13.3. The molecule has 3 nitrogen and oxygen atoms in total. The second-order valence-electron chi connectivity index (χ2n) is 5.86.